The number of nitrogens with one attached hydrogen (secondary N) is 1. The molecule has 0 saturated heterocycles. The number of anilines is 1. The topological polar surface area (TPSA) is 41.5 Å². The normalized spacial score (nSPS) is 10.6. The molecule has 0 saturated carbocycles. The van der Waals surface area contributed by atoms with Crippen LogP contribution in [0.3, 0.4) is 0 Å². The number of halogens is 1. The highest BCUT2D eigenvalue weighted by atomic mass is 79.9. The summed E-state index contributed by atoms with van der Waals surface area (Å²) >= 11 is 3.53. The van der Waals surface area contributed by atoms with Crippen LogP contribution >= 0.6 is 15.9 Å². The van der Waals surface area contributed by atoms with Crippen molar-refractivity contribution in [2.75, 3.05) is 12.4 Å². The number of ether oxygens (including phenoxy) is 1. The SMILES string of the molecule is COCc1c(Br)cccc1NCc1cc(C)ccc1O. The largest absolute Gasteiger partial charge is 0.508 e. The monoisotopic (exact) mass is 335 g/mol. The van der Waals surface area contributed by atoms with Gasteiger partial charge in [0.15, 0.2) is 0 Å². The summed E-state index contributed by atoms with van der Waals surface area (Å²) in [6.07, 6.45) is 0. The molecule has 0 unspecified atom stereocenters. The zero-order chi connectivity index (χ0) is 14.5. The van der Waals surface area contributed by atoms with E-state index in [1.807, 2.05) is 37.3 Å². The third-order valence-electron chi connectivity index (χ3n) is 3.11. The summed E-state index contributed by atoms with van der Waals surface area (Å²) in [6, 6.07) is 11.6. The first-order chi connectivity index (χ1) is 9.61. The molecule has 2 rings (SSSR count). The molecule has 0 heterocycles. The highest BCUT2D eigenvalue weighted by Crippen LogP contribution is 2.27. The standard InChI is InChI=1S/C16H18BrNO2/c1-11-6-7-16(19)12(8-11)9-18-15-5-3-4-14(17)13(15)10-20-2/h3-8,18-19H,9-10H2,1-2H3. The number of methoxy groups -OCH3 is 1. The third kappa shape index (κ3) is 3.52. The molecule has 0 fully saturated rings. The maximum absolute atomic E-state index is 9.87. The van der Waals surface area contributed by atoms with E-state index in [0.29, 0.717) is 18.9 Å². The Bertz CT molecular complexity index is 599. The van der Waals surface area contributed by atoms with Gasteiger partial charge in [0.25, 0.3) is 0 Å². The van der Waals surface area contributed by atoms with Crippen molar-refractivity contribution < 1.29 is 9.84 Å². The summed E-state index contributed by atoms with van der Waals surface area (Å²) in [5.74, 6) is 0.311. The number of phenolic OH excluding ortho intramolecular Hbond substituents is 1. The van der Waals surface area contributed by atoms with Gasteiger partial charge in [0.1, 0.15) is 5.75 Å². The van der Waals surface area contributed by atoms with E-state index in [9.17, 15) is 5.11 Å². The highest BCUT2D eigenvalue weighted by Gasteiger charge is 2.07. The van der Waals surface area contributed by atoms with Crippen LogP contribution in [-0.4, -0.2) is 12.2 Å². The third-order valence-corrected chi connectivity index (χ3v) is 3.85. The number of hydrogen-bond donors (Lipinski definition) is 2. The van der Waals surface area contributed by atoms with Crippen LogP contribution in [0.2, 0.25) is 0 Å². The summed E-state index contributed by atoms with van der Waals surface area (Å²) in [4.78, 5) is 0. The molecular weight excluding hydrogens is 318 g/mol. The van der Waals surface area contributed by atoms with Gasteiger partial charge < -0.3 is 15.2 Å². The van der Waals surface area contributed by atoms with E-state index in [1.54, 1.807) is 13.2 Å². The Kier molecular flexibility index (Phi) is 5.04. The molecule has 0 aliphatic rings. The predicted octanol–water partition coefficient (Wildman–Crippen LogP) is 4.22. The average molecular weight is 336 g/mol. The first-order valence-corrected chi connectivity index (χ1v) is 7.20. The lowest BCUT2D eigenvalue weighted by atomic mass is 10.1. The van der Waals surface area contributed by atoms with Crippen molar-refractivity contribution in [2.45, 2.75) is 20.1 Å². The van der Waals surface area contributed by atoms with Gasteiger partial charge >= 0.3 is 0 Å². The van der Waals surface area contributed by atoms with Gasteiger partial charge in [-0.15, -0.1) is 0 Å². The van der Waals surface area contributed by atoms with Gasteiger partial charge in [-0.05, 0) is 25.1 Å². The molecule has 0 atom stereocenters. The number of hydrogen-bond acceptors (Lipinski definition) is 3. The second kappa shape index (κ2) is 6.77. The fourth-order valence-corrected chi connectivity index (χ4v) is 2.54. The molecule has 3 nitrogen and oxygen atoms in total. The minimum absolute atomic E-state index is 0.311. The van der Waals surface area contributed by atoms with Crippen molar-refractivity contribution in [2.24, 2.45) is 0 Å². The van der Waals surface area contributed by atoms with E-state index < -0.39 is 0 Å². The summed E-state index contributed by atoms with van der Waals surface area (Å²) in [6.45, 7) is 3.11. The molecule has 0 aromatic heterocycles. The molecule has 0 spiro atoms. The molecule has 2 N–H and O–H groups in total. The van der Waals surface area contributed by atoms with Crippen molar-refractivity contribution in [1.29, 1.82) is 0 Å². The summed E-state index contributed by atoms with van der Waals surface area (Å²) in [5.41, 5.74) is 4.09. The van der Waals surface area contributed by atoms with Crippen molar-refractivity contribution >= 4 is 21.6 Å². The summed E-state index contributed by atoms with van der Waals surface area (Å²) in [5, 5.41) is 13.2. The summed E-state index contributed by atoms with van der Waals surface area (Å²) < 4.78 is 6.24. The number of phenols is 1. The second-order valence-electron chi connectivity index (χ2n) is 4.68. The fraction of sp³-hybridized carbons (Fsp3) is 0.250. The predicted molar refractivity (Wildman–Crippen MR) is 85.0 cm³/mol. The molecule has 106 valence electrons. The van der Waals surface area contributed by atoms with Crippen LogP contribution in [0.25, 0.3) is 0 Å². The zero-order valence-electron chi connectivity index (χ0n) is 11.6. The number of benzene rings is 2. The van der Waals surface area contributed by atoms with Crippen LogP contribution in [-0.2, 0) is 17.9 Å². The lowest BCUT2D eigenvalue weighted by Crippen LogP contribution is -2.04. The van der Waals surface area contributed by atoms with Crippen LogP contribution in [0, 0.1) is 6.92 Å². The Labute approximate surface area is 127 Å². The van der Waals surface area contributed by atoms with Crippen LogP contribution in [0.5, 0.6) is 5.75 Å². The first-order valence-electron chi connectivity index (χ1n) is 6.40. The lowest BCUT2D eigenvalue weighted by molar-refractivity contribution is 0.185. The van der Waals surface area contributed by atoms with Crippen LogP contribution < -0.4 is 5.32 Å². The smallest absolute Gasteiger partial charge is 0.120 e. The van der Waals surface area contributed by atoms with Crippen molar-refractivity contribution in [3.8, 4) is 5.75 Å². The second-order valence-corrected chi connectivity index (χ2v) is 5.54. The van der Waals surface area contributed by atoms with Gasteiger partial charge in [0.05, 0.1) is 6.61 Å². The molecule has 0 aliphatic carbocycles. The minimum atomic E-state index is 0.311. The van der Waals surface area contributed by atoms with Gasteiger partial charge in [0, 0.05) is 34.9 Å². The highest BCUT2D eigenvalue weighted by molar-refractivity contribution is 9.10. The Morgan fingerprint density at radius 3 is 2.80 bits per heavy atom. The Balaban J connectivity index is 2.18. The van der Waals surface area contributed by atoms with Crippen LogP contribution in [0.4, 0.5) is 5.69 Å². The van der Waals surface area contributed by atoms with E-state index in [0.717, 1.165) is 26.9 Å². The molecule has 0 aliphatic heterocycles. The molecule has 0 amide bonds. The molecule has 2 aromatic carbocycles. The molecule has 20 heavy (non-hydrogen) atoms. The number of rotatable bonds is 5. The Morgan fingerprint density at radius 1 is 1.25 bits per heavy atom. The number of aryl methyl sites for hydroxylation is 1. The zero-order valence-corrected chi connectivity index (χ0v) is 13.2. The molecule has 0 bridgehead atoms. The minimum Gasteiger partial charge on any atom is -0.508 e. The average Bonchev–Trinajstić information content (AvgIpc) is 2.43. The van der Waals surface area contributed by atoms with Crippen molar-refractivity contribution in [3.63, 3.8) is 0 Å². The molecular formula is C16H18BrNO2. The van der Waals surface area contributed by atoms with E-state index in [4.69, 9.17) is 4.74 Å². The van der Waals surface area contributed by atoms with E-state index in [2.05, 4.69) is 21.2 Å². The Hall–Kier alpha value is -1.52. The molecule has 2 aromatic rings. The van der Waals surface area contributed by atoms with Gasteiger partial charge in [-0.2, -0.15) is 0 Å². The van der Waals surface area contributed by atoms with Gasteiger partial charge in [0.2, 0.25) is 0 Å². The van der Waals surface area contributed by atoms with Gasteiger partial charge in [-0.3, -0.25) is 0 Å². The fourth-order valence-electron chi connectivity index (χ4n) is 2.06. The Morgan fingerprint density at radius 2 is 2.05 bits per heavy atom. The molecule has 4 heteroatoms. The van der Waals surface area contributed by atoms with E-state index in [1.165, 1.54) is 0 Å². The quantitative estimate of drug-likeness (QED) is 0.859. The molecule has 0 radical (unpaired) electrons. The maximum atomic E-state index is 9.87. The van der Waals surface area contributed by atoms with Crippen molar-refractivity contribution in [1.82, 2.24) is 0 Å². The van der Waals surface area contributed by atoms with E-state index in [-0.39, 0.29) is 0 Å². The van der Waals surface area contributed by atoms with Crippen LogP contribution in [0.1, 0.15) is 16.7 Å². The first kappa shape index (κ1) is 14.9. The van der Waals surface area contributed by atoms with E-state index >= 15 is 0 Å². The van der Waals surface area contributed by atoms with Crippen molar-refractivity contribution in [3.05, 3.63) is 57.6 Å². The lowest BCUT2D eigenvalue weighted by Gasteiger charge is -2.14. The van der Waals surface area contributed by atoms with Gasteiger partial charge in [-0.25, -0.2) is 0 Å². The number of aromatic hydroxyl groups is 1. The van der Waals surface area contributed by atoms with Crippen LogP contribution in [0.15, 0.2) is 40.9 Å². The maximum Gasteiger partial charge on any atom is 0.120 e. The summed E-state index contributed by atoms with van der Waals surface area (Å²) in [7, 11) is 1.68. The van der Waals surface area contributed by atoms with Gasteiger partial charge in [-0.1, -0.05) is 39.7 Å².